The number of rotatable bonds is 6. The molecule has 1 rings (SSSR count). The molecule has 1 heterocycles. The van der Waals surface area contributed by atoms with Gasteiger partial charge < -0.3 is 10.1 Å². The normalized spacial score (nSPS) is 12.0. The summed E-state index contributed by atoms with van der Waals surface area (Å²) in [5.74, 6) is -0.755. The SMILES string of the molecule is CCCC(C)NC(=O)COC(=O)c1sc(C)nc1C. The van der Waals surface area contributed by atoms with Crippen LogP contribution in [0.25, 0.3) is 0 Å². The van der Waals surface area contributed by atoms with E-state index in [-0.39, 0.29) is 18.6 Å². The average molecular weight is 284 g/mol. The molecule has 0 saturated carbocycles. The van der Waals surface area contributed by atoms with Crippen molar-refractivity contribution in [2.75, 3.05) is 6.61 Å². The highest BCUT2D eigenvalue weighted by atomic mass is 32.1. The fourth-order valence-corrected chi connectivity index (χ4v) is 2.55. The van der Waals surface area contributed by atoms with Crippen molar-refractivity contribution in [3.63, 3.8) is 0 Å². The summed E-state index contributed by atoms with van der Waals surface area (Å²) in [6, 6.07) is 0.101. The first-order valence-corrected chi connectivity index (χ1v) is 7.16. The number of aryl methyl sites for hydroxylation is 2. The summed E-state index contributed by atoms with van der Waals surface area (Å²) in [4.78, 5) is 27.9. The van der Waals surface area contributed by atoms with E-state index in [1.54, 1.807) is 6.92 Å². The summed E-state index contributed by atoms with van der Waals surface area (Å²) in [6.07, 6.45) is 1.91. The van der Waals surface area contributed by atoms with E-state index < -0.39 is 5.97 Å². The molecule has 0 radical (unpaired) electrons. The van der Waals surface area contributed by atoms with E-state index in [9.17, 15) is 9.59 Å². The van der Waals surface area contributed by atoms with Crippen LogP contribution >= 0.6 is 11.3 Å². The molecule has 0 aliphatic rings. The first kappa shape index (κ1) is 15.6. The van der Waals surface area contributed by atoms with Crippen LogP contribution in [-0.2, 0) is 9.53 Å². The topological polar surface area (TPSA) is 68.3 Å². The lowest BCUT2D eigenvalue weighted by molar-refractivity contribution is -0.124. The van der Waals surface area contributed by atoms with Crippen molar-refractivity contribution in [1.29, 1.82) is 0 Å². The van der Waals surface area contributed by atoms with Gasteiger partial charge in [-0.15, -0.1) is 11.3 Å². The van der Waals surface area contributed by atoms with Crippen LogP contribution in [-0.4, -0.2) is 29.5 Å². The van der Waals surface area contributed by atoms with Crippen LogP contribution in [0.4, 0.5) is 0 Å². The lowest BCUT2D eigenvalue weighted by atomic mass is 10.2. The van der Waals surface area contributed by atoms with E-state index in [4.69, 9.17) is 4.74 Å². The van der Waals surface area contributed by atoms with Gasteiger partial charge in [0, 0.05) is 6.04 Å². The number of thiazole rings is 1. The van der Waals surface area contributed by atoms with Gasteiger partial charge in [0.05, 0.1) is 10.7 Å². The molecule has 0 aliphatic heterocycles. The predicted molar refractivity (Wildman–Crippen MR) is 74.4 cm³/mol. The summed E-state index contributed by atoms with van der Waals surface area (Å²) < 4.78 is 4.98. The molecule has 1 N–H and O–H groups in total. The summed E-state index contributed by atoms with van der Waals surface area (Å²) in [7, 11) is 0. The molecule has 5 nitrogen and oxygen atoms in total. The van der Waals surface area contributed by atoms with Crippen LogP contribution in [0.2, 0.25) is 0 Å². The van der Waals surface area contributed by atoms with Crippen molar-refractivity contribution in [2.45, 2.75) is 46.6 Å². The van der Waals surface area contributed by atoms with Crippen LogP contribution in [0.1, 0.15) is 47.1 Å². The Morgan fingerprint density at radius 1 is 1.42 bits per heavy atom. The number of aromatic nitrogens is 1. The van der Waals surface area contributed by atoms with Gasteiger partial charge in [-0.2, -0.15) is 0 Å². The number of ether oxygens (including phenoxy) is 1. The predicted octanol–water partition coefficient (Wildman–Crippen LogP) is 2.22. The Balaban J connectivity index is 2.42. The van der Waals surface area contributed by atoms with Gasteiger partial charge in [0.1, 0.15) is 4.88 Å². The zero-order valence-electron chi connectivity index (χ0n) is 11.8. The average Bonchev–Trinajstić information content (AvgIpc) is 2.65. The van der Waals surface area contributed by atoms with Crippen LogP contribution < -0.4 is 5.32 Å². The molecule has 0 aromatic carbocycles. The monoisotopic (exact) mass is 284 g/mol. The molecular formula is C13H20N2O3S. The van der Waals surface area contributed by atoms with Crippen molar-refractivity contribution in [3.05, 3.63) is 15.6 Å². The van der Waals surface area contributed by atoms with Crippen molar-refractivity contribution < 1.29 is 14.3 Å². The minimum Gasteiger partial charge on any atom is -0.451 e. The zero-order chi connectivity index (χ0) is 14.4. The quantitative estimate of drug-likeness (QED) is 0.813. The second-order valence-electron chi connectivity index (χ2n) is 4.48. The second kappa shape index (κ2) is 7.23. The number of esters is 1. The van der Waals surface area contributed by atoms with Gasteiger partial charge in [-0.1, -0.05) is 13.3 Å². The molecule has 0 spiro atoms. The third-order valence-electron chi connectivity index (χ3n) is 2.55. The highest BCUT2D eigenvalue weighted by Gasteiger charge is 2.17. The zero-order valence-corrected chi connectivity index (χ0v) is 12.6. The third kappa shape index (κ3) is 4.98. The van der Waals surface area contributed by atoms with E-state index in [0.717, 1.165) is 17.8 Å². The molecule has 1 aromatic heterocycles. The highest BCUT2D eigenvalue weighted by molar-refractivity contribution is 7.13. The van der Waals surface area contributed by atoms with E-state index >= 15 is 0 Å². The number of nitrogens with zero attached hydrogens (tertiary/aromatic N) is 1. The number of hydrogen-bond donors (Lipinski definition) is 1. The molecule has 6 heteroatoms. The van der Waals surface area contributed by atoms with Crippen LogP contribution in [0.15, 0.2) is 0 Å². The Bertz CT molecular complexity index is 457. The maximum absolute atomic E-state index is 11.8. The minimum absolute atomic E-state index is 0.101. The van der Waals surface area contributed by atoms with Gasteiger partial charge in [0.2, 0.25) is 0 Å². The van der Waals surface area contributed by atoms with Crippen molar-refractivity contribution in [3.8, 4) is 0 Å². The van der Waals surface area contributed by atoms with E-state index in [1.807, 2.05) is 13.8 Å². The first-order chi connectivity index (χ1) is 8.93. The van der Waals surface area contributed by atoms with Crippen molar-refractivity contribution >= 4 is 23.2 Å². The number of nitrogens with one attached hydrogen (secondary N) is 1. The molecule has 106 valence electrons. The molecule has 1 amide bonds. The van der Waals surface area contributed by atoms with Gasteiger partial charge in [-0.3, -0.25) is 4.79 Å². The summed E-state index contributed by atoms with van der Waals surface area (Å²) in [6.45, 7) is 7.32. The second-order valence-corrected chi connectivity index (χ2v) is 5.68. The largest absolute Gasteiger partial charge is 0.451 e. The van der Waals surface area contributed by atoms with Crippen LogP contribution in [0.5, 0.6) is 0 Å². The van der Waals surface area contributed by atoms with Gasteiger partial charge in [-0.25, -0.2) is 9.78 Å². The lowest BCUT2D eigenvalue weighted by Gasteiger charge is -2.12. The Hall–Kier alpha value is -1.43. The standard InChI is InChI=1S/C13H20N2O3S/c1-5-6-8(2)14-11(16)7-18-13(17)12-9(3)15-10(4)19-12/h8H,5-7H2,1-4H3,(H,14,16). The Morgan fingerprint density at radius 2 is 2.11 bits per heavy atom. The lowest BCUT2D eigenvalue weighted by Crippen LogP contribution is -2.35. The molecule has 0 fully saturated rings. The maximum atomic E-state index is 11.8. The molecule has 0 saturated heterocycles. The Kier molecular flexibility index (Phi) is 5.95. The van der Waals surface area contributed by atoms with E-state index in [2.05, 4.69) is 17.2 Å². The van der Waals surface area contributed by atoms with Crippen molar-refractivity contribution in [1.82, 2.24) is 10.3 Å². The fraction of sp³-hybridized carbons (Fsp3) is 0.615. The molecule has 19 heavy (non-hydrogen) atoms. The van der Waals surface area contributed by atoms with E-state index in [0.29, 0.717) is 10.6 Å². The molecule has 0 aliphatic carbocycles. The summed E-state index contributed by atoms with van der Waals surface area (Å²) in [5.41, 5.74) is 0.646. The Labute approximate surface area is 117 Å². The van der Waals surface area contributed by atoms with E-state index in [1.165, 1.54) is 11.3 Å². The number of hydrogen-bond acceptors (Lipinski definition) is 5. The number of amides is 1. The fourth-order valence-electron chi connectivity index (χ4n) is 1.74. The summed E-state index contributed by atoms with van der Waals surface area (Å²) >= 11 is 1.28. The molecule has 1 aromatic rings. The van der Waals surface area contributed by atoms with Gasteiger partial charge in [0.15, 0.2) is 6.61 Å². The summed E-state index contributed by atoms with van der Waals surface area (Å²) in [5, 5.41) is 3.59. The van der Waals surface area contributed by atoms with Crippen LogP contribution in [0.3, 0.4) is 0 Å². The third-order valence-corrected chi connectivity index (χ3v) is 3.61. The molecule has 1 unspecified atom stereocenters. The highest BCUT2D eigenvalue weighted by Crippen LogP contribution is 2.17. The van der Waals surface area contributed by atoms with Gasteiger partial charge in [0.25, 0.3) is 5.91 Å². The number of carbonyl (C=O) groups is 2. The molecule has 1 atom stereocenters. The minimum atomic E-state index is -0.485. The Morgan fingerprint density at radius 3 is 2.63 bits per heavy atom. The van der Waals surface area contributed by atoms with Crippen LogP contribution in [0, 0.1) is 13.8 Å². The molecular weight excluding hydrogens is 264 g/mol. The van der Waals surface area contributed by atoms with Gasteiger partial charge in [-0.05, 0) is 27.2 Å². The maximum Gasteiger partial charge on any atom is 0.350 e. The molecule has 0 bridgehead atoms. The van der Waals surface area contributed by atoms with Gasteiger partial charge >= 0.3 is 5.97 Å². The number of carbonyl (C=O) groups excluding carboxylic acids is 2. The smallest absolute Gasteiger partial charge is 0.350 e. The van der Waals surface area contributed by atoms with Crippen molar-refractivity contribution in [2.24, 2.45) is 0 Å². The first-order valence-electron chi connectivity index (χ1n) is 6.34.